The Morgan fingerprint density at radius 2 is 2.00 bits per heavy atom. The van der Waals surface area contributed by atoms with Gasteiger partial charge in [-0.1, -0.05) is 29.8 Å². The van der Waals surface area contributed by atoms with E-state index in [1.807, 2.05) is 30.3 Å². The zero-order chi connectivity index (χ0) is 21.4. The average molecular weight is 432 g/mol. The second kappa shape index (κ2) is 10.5. The Hall–Kier alpha value is -2.44. The number of aliphatic hydroxyl groups is 1. The number of aliphatic hydroxyl groups excluding tert-OH is 1. The van der Waals surface area contributed by atoms with E-state index in [4.69, 9.17) is 31.2 Å². The number of halogens is 1. The summed E-state index contributed by atoms with van der Waals surface area (Å²) in [7, 11) is 1.60. The van der Waals surface area contributed by atoms with Gasteiger partial charge in [-0.2, -0.15) is 0 Å². The third-order valence-corrected chi connectivity index (χ3v) is 5.46. The molecule has 1 aliphatic rings. The number of nitrogens with zero attached hydrogens (tertiary/aromatic N) is 1. The van der Waals surface area contributed by atoms with E-state index in [1.165, 1.54) is 5.56 Å². The number of guanidine groups is 1. The fourth-order valence-corrected chi connectivity index (χ4v) is 3.58. The van der Waals surface area contributed by atoms with Crippen molar-refractivity contribution >= 4 is 17.6 Å². The first-order chi connectivity index (χ1) is 14.6. The molecule has 7 heteroatoms. The van der Waals surface area contributed by atoms with Crippen LogP contribution in [0.15, 0.2) is 47.5 Å². The summed E-state index contributed by atoms with van der Waals surface area (Å²) in [6.07, 6.45) is 2.29. The first kappa shape index (κ1) is 22.2. The van der Waals surface area contributed by atoms with Crippen LogP contribution >= 0.6 is 11.6 Å². The Bertz CT molecular complexity index is 869. The normalized spacial score (nSPS) is 14.9. The number of methoxy groups -OCH3 is 1. The molecular weight excluding hydrogens is 402 g/mol. The highest BCUT2D eigenvalue weighted by Crippen LogP contribution is 2.48. The van der Waals surface area contributed by atoms with E-state index >= 15 is 0 Å². The van der Waals surface area contributed by atoms with E-state index in [1.54, 1.807) is 7.11 Å². The number of hydrogen-bond acceptors (Lipinski definition) is 4. The largest absolute Gasteiger partial charge is 0.493 e. The summed E-state index contributed by atoms with van der Waals surface area (Å²) >= 11 is 6.18. The molecule has 162 valence electrons. The van der Waals surface area contributed by atoms with Crippen LogP contribution in [0.1, 0.15) is 30.9 Å². The molecule has 3 N–H and O–H groups in total. The first-order valence-electron chi connectivity index (χ1n) is 10.3. The third kappa shape index (κ3) is 5.80. The minimum Gasteiger partial charge on any atom is -0.493 e. The molecule has 3 rings (SSSR count). The van der Waals surface area contributed by atoms with Crippen molar-refractivity contribution in [1.82, 2.24) is 10.6 Å². The van der Waals surface area contributed by atoms with Crippen molar-refractivity contribution in [3.05, 3.63) is 58.6 Å². The Kier molecular flexibility index (Phi) is 7.82. The van der Waals surface area contributed by atoms with Gasteiger partial charge in [0.25, 0.3) is 0 Å². The smallest absolute Gasteiger partial charge is 0.191 e. The van der Waals surface area contributed by atoms with Crippen LogP contribution in [0.25, 0.3) is 0 Å². The molecule has 0 bridgehead atoms. The van der Waals surface area contributed by atoms with Gasteiger partial charge in [0.15, 0.2) is 17.5 Å². The molecule has 0 saturated heterocycles. The highest BCUT2D eigenvalue weighted by Gasteiger charge is 2.44. The van der Waals surface area contributed by atoms with Crippen LogP contribution < -0.4 is 20.1 Å². The summed E-state index contributed by atoms with van der Waals surface area (Å²) in [5.74, 6) is 2.03. The second-order valence-corrected chi connectivity index (χ2v) is 7.83. The number of benzene rings is 2. The predicted octanol–water partition coefficient (Wildman–Crippen LogP) is 3.51. The second-order valence-electron chi connectivity index (χ2n) is 7.40. The highest BCUT2D eigenvalue weighted by molar-refractivity contribution is 6.30. The number of aliphatic imine (C=N–C) groups is 1. The Balaban J connectivity index is 1.65. The SMILES string of the molecule is CCNC(=NCc1ccc(OCCO)c(OC)c1)NCC1(c2cccc(Cl)c2)CC1. The fraction of sp³-hybridized carbons (Fsp3) is 0.435. The van der Waals surface area contributed by atoms with Gasteiger partial charge in [0.2, 0.25) is 0 Å². The monoisotopic (exact) mass is 431 g/mol. The minimum absolute atomic E-state index is 0.0381. The lowest BCUT2D eigenvalue weighted by Crippen LogP contribution is -2.41. The van der Waals surface area contributed by atoms with Gasteiger partial charge in [0.1, 0.15) is 6.61 Å². The first-order valence-corrected chi connectivity index (χ1v) is 10.7. The summed E-state index contributed by atoms with van der Waals surface area (Å²) < 4.78 is 10.9. The van der Waals surface area contributed by atoms with Crippen LogP contribution in [0.4, 0.5) is 0 Å². The molecule has 0 atom stereocenters. The minimum atomic E-state index is -0.0381. The van der Waals surface area contributed by atoms with Crippen molar-refractivity contribution in [3.63, 3.8) is 0 Å². The van der Waals surface area contributed by atoms with Gasteiger partial charge >= 0.3 is 0 Å². The fourth-order valence-electron chi connectivity index (χ4n) is 3.39. The van der Waals surface area contributed by atoms with Gasteiger partial charge in [-0.25, -0.2) is 4.99 Å². The van der Waals surface area contributed by atoms with Crippen molar-refractivity contribution in [2.45, 2.75) is 31.7 Å². The number of hydrogen-bond donors (Lipinski definition) is 3. The average Bonchev–Trinajstić information content (AvgIpc) is 3.55. The van der Waals surface area contributed by atoms with Crippen molar-refractivity contribution in [3.8, 4) is 11.5 Å². The molecule has 0 unspecified atom stereocenters. The van der Waals surface area contributed by atoms with Crippen LogP contribution in [0.5, 0.6) is 11.5 Å². The van der Waals surface area contributed by atoms with Crippen LogP contribution in [0.3, 0.4) is 0 Å². The molecule has 2 aromatic rings. The Morgan fingerprint density at radius 1 is 1.17 bits per heavy atom. The molecule has 0 amide bonds. The molecule has 0 aliphatic heterocycles. The maximum absolute atomic E-state index is 8.94. The van der Waals surface area contributed by atoms with Crippen molar-refractivity contribution in [2.75, 3.05) is 33.4 Å². The van der Waals surface area contributed by atoms with Crippen LogP contribution in [0, 0.1) is 0 Å². The molecule has 0 spiro atoms. The van der Waals surface area contributed by atoms with E-state index in [-0.39, 0.29) is 18.6 Å². The van der Waals surface area contributed by atoms with Gasteiger partial charge in [-0.3, -0.25) is 0 Å². The third-order valence-electron chi connectivity index (χ3n) is 5.23. The van der Waals surface area contributed by atoms with Gasteiger partial charge in [-0.15, -0.1) is 0 Å². The predicted molar refractivity (Wildman–Crippen MR) is 121 cm³/mol. The van der Waals surface area contributed by atoms with Crippen LogP contribution in [0.2, 0.25) is 5.02 Å². The zero-order valence-corrected chi connectivity index (χ0v) is 18.3. The lowest BCUT2D eigenvalue weighted by molar-refractivity contribution is 0.196. The van der Waals surface area contributed by atoms with Gasteiger partial charge in [-0.05, 0) is 55.2 Å². The Morgan fingerprint density at radius 3 is 2.67 bits per heavy atom. The molecule has 1 fully saturated rings. The lowest BCUT2D eigenvalue weighted by Gasteiger charge is -2.19. The molecule has 2 aromatic carbocycles. The zero-order valence-electron chi connectivity index (χ0n) is 17.6. The molecular formula is C23H30ClN3O3. The summed E-state index contributed by atoms with van der Waals surface area (Å²) in [5, 5.41) is 16.5. The molecule has 0 radical (unpaired) electrons. The van der Waals surface area contributed by atoms with Crippen molar-refractivity contribution in [1.29, 1.82) is 0 Å². The topological polar surface area (TPSA) is 75.1 Å². The van der Waals surface area contributed by atoms with Crippen LogP contribution in [-0.2, 0) is 12.0 Å². The number of rotatable bonds is 10. The van der Waals surface area contributed by atoms with Crippen molar-refractivity contribution in [2.24, 2.45) is 4.99 Å². The molecule has 0 aromatic heterocycles. The Labute approximate surface area is 183 Å². The van der Waals surface area contributed by atoms with Crippen LogP contribution in [-0.4, -0.2) is 44.5 Å². The van der Waals surface area contributed by atoms with E-state index in [0.717, 1.165) is 42.5 Å². The maximum atomic E-state index is 8.94. The van der Waals surface area contributed by atoms with Gasteiger partial charge in [0.05, 0.1) is 20.3 Å². The summed E-state index contributed by atoms with van der Waals surface area (Å²) in [4.78, 5) is 4.73. The highest BCUT2D eigenvalue weighted by atomic mass is 35.5. The number of nitrogens with one attached hydrogen (secondary N) is 2. The quantitative estimate of drug-likeness (QED) is 0.396. The number of ether oxygens (including phenoxy) is 2. The molecule has 30 heavy (non-hydrogen) atoms. The van der Waals surface area contributed by atoms with E-state index < -0.39 is 0 Å². The molecule has 1 aliphatic carbocycles. The van der Waals surface area contributed by atoms with Crippen molar-refractivity contribution < 1.29 is 14.6 Å². The molecule has 6 nitrogen and oxygen atoms in total. The van der Waals surface area contributed by atoms with E-state index in [2.05, 4.69) is 29.7 Å². The summed E-state index contributed by atoms with van der Waals surface area (Å²) in [6, 6.07) is 13.8. The summed E-state index contributed by atoms with van der Waals surface area (Å²) in [6.45, 7) is 4.36. The lowest BCUT2D eigenvalue weighted by atomic mass is 9.96. The summed E-state index contributed by atoms with van der Waals surface area (Å²) in [5.41, 5.74) is 2.42. The molecule has 1 saturated carbocycles. The van der Waals surface area contributed by atoms with Gasteiger partial charge < -0.3 is 25.2 Å². The van der Waals surface area contributed by atoms with E-state index in [0.29, 0.717) is 18.0 Å². The maximum Gasteiger partial charge on any atom is 0.191 e. The van der Waals surface area contributed by atoms with Gasteiger partial charge in [0, 0.05) is 23.5 Å². The van der Waals surface area contributed by atoms with E-state index in [9.17, 15) is 0 Å². The standard InChI is InChI=1S/C23H30ClN3O3/c1-3-25-22(27-16-23(9-10-23)18-5-4-6-19(24)14-18)26-15-17-7-8-20(30-12-11-28)21(13-17)29-2/h4-8,13-14,28H,3,9-12,15-16H2,1-2H3,(H2,25,26,27). The molecule has 0 heterocycles.